The van der Waals surface area contributed by atoms with E-state index in [2.05, 4.69) is 14.7 Å². The highest BCUT2D eigenvalue weighted by molar-refractivity contribution is 7.89. The van der Waals surface area contributed by atoms with Crippen molar-refractivity contribution in [2.75, 3.05) is 0 Å². The molecular formula is C13H15N3O4S. The van der Waals surface area contributed by atoms with Gasteiger partial charge >= 0.3 is 5.97 Å². The van der Waals surface area contributed by atoms with Crippen LogP contribution in [0.3, 0.4) is 0 Å². The van der Waals surface area contributed by atoms with Gasteiger partial charge in [0.1, 0.15) is 10.6 Å². The molecular weight excluding hydrogens is 294 g/mol. The molecule has 3 N–H and O–H groups in total. The summed E-state index contributed by atoms with van der Waals surface area (Å²) in [5.41, 5.74) is 1.14. The first kappa shape index (κ1) is 15.2. The SMILES string of the molecule is Cc1[nH]c(C(=O)O)c(C)c1S(=O)(=O)NCc1ccncc1. The number of H-pyrrole nitrogens is 1. The normalized spacial score (nSPS) is 11.5. The lowest BCUT2D eigenvalue weighted by Gasteiger charge is -2.07. The molecule has 2 rings (SSSR count). The number of rotatable bonds is 5. The van der Waals surface area contributed by atoms with Crippen molar-refractivity contribution in [3.05, 3.63) is 47.0 Å². The van der Waals surface area contributed by atoms with E-state index in [1.807, 2.05) is 0 Å². The third kappa shape index (κ3) is 3.11. The zero-order valence-corrected chi connectivity index (χ0v) is 12.4. The molecule has 0 amide bonds. The van der Waals surface area contributed by atoms with Crippen molar-refractivity contribution in [3.63, 3.8) is 0 Å². The largest absolute Gasteiger partial charge is 0.477 e. The van der Waals surface area contributed by atoms with Gasteiger partial charge in [0.15, 0.2) is 0 Å². The van der Waals surface area contributed by atoms with E-state index in [1.165, 1.54) is 13.8 Å². The molecule has 0 saturated heterocycles. The summed E-state index contributed by atoms with van der Waals surface area (Å²) in [4.78, 5) is 17.5. The summed E-state index contributed by atoms with van der Waals surface area (Å²) in [7, 11) is -3.80. The molecule has 21 heavy (non-hydrogen) atoms. The molecule has 0 bridgehead atoms. The minimum atomic E-state index is -3.80. The molecule has 2 aromatic heterocycles. The lowest BCUT2D eigenvalue weighted by atomic mass is 10.2. The Morgan fingerprint density at radius 1 is 1.33 bits per heavy atom. The first-order valence-electron chi connectivity index (χ1n) is 6.14. The third-order valence-corrected chi connectivity index (χ3v) is 4.74. The molecule has 0 aliphatic carbocycles. The predicted octanol–water partition coefficient (Wildman–Crippen LogP) is 1.20. The van der Waals surface area contributed by atoms with Crippen molar-refractivity contribution in [2.45, 2.75) is 25.3 Å². The number of carboxylic acids is 1. The van der Waals surface area contributed by atoms with Gasteiger partial charge in [0.25, 0.3) is 0 Å². The number of pyridine rings is 1. The second-order valence-corrected chi connectivity index (χ2v) is 6.27. The molecule has 0 aromatic carbocycles. The molecule has 0 fully saturated rings. The predicted molar refractivity (Wildman–Crippen MR) is 75.5 cm³/mol. The highest BCUT2D eigenvalue weighted by Gasteiger charge is 2.26. The fourth-order valence-electron chi connectivity index (χ4n) is 2.10. The van der Waals surface area contributed by atoms with Crippen LogP contribution in [0.25, 0.3) is 0 Å². The molecule has 2 aromatic rings. The van der Waals surface area contributed by atoms with Crippen LogP contribution in [0.1, 0.15) is 27.3 Å². The van der Waals surface area contributed by atoms with Crippen LogP contribution in [-0.2, 0) is 16.6 Å². The summed E-state index contributed by atoms with van der Waals surface area (Å²) < 4.78 is 27.1. The summed E-state index contributed by atoms with van der Waals surface area (Å²) in [6.45, 7) is 3.10. The average molecular weight is 309 g/mol. The fourth-order valence-corrected chi connectivity index (χ4v) is 3.56. The maximum atomic E-state index is 12.3. The van der Waals surface area contributed by atoms with E-state index in [9.17, 15) is 13.2 Å². The topological polar surface area (TPSA) is 112 Å². The average Bonchev–Trinajstić information content (AvgIpc) is 2.74. The second-order valence-electron chi connectivity index (χ2n) is 4.56. The highest BCUT2D eigenvalue weighted by atomic mass is 32.2. The third-order valence-electron chi connectivity index (χ3n) is 3.07. The van der Waals surface area contributed by atoms with E-state index in [4.69, 9.17) is 5.11 Å². The number of hydrogen-bond acceptors (Lipinski definition) is 4. The van der Waals surface area contributed by atoms with Crippen molar-refractivity contribution >= 4 is 16.0 Å². The van der Waals surface area contributed by atoms with Gasteiger partial charge in [0, 0.05) is 30.2 Å². The first-order chi connectivity index (χ1) is 9.83. The Bertz CT molecular complexity index is 766. The summed E-state index contributed by atoms with van der Waals surface area (Å²) in [6, 6.07) is 3.39. The molecule has 0 unspecified atom stereocenters. The zero-order chi connectivity index (χ0) is 15.6. The van der Waals surface area contributed by atoms with E-state index in [0.29, 0.717) is 5.69 Å². The molecule has 0 atom stereocenters. The number of aryl methyl sites for hydroxylation is 1. The van der Waals surface area contributed by atoms with Crippen LogP contribution in [0.2, 0.25) is 0 Å². The fraction of sp³-hybridized carbons (Fsp3) is 0.231. The first-order valence-corrected chi connectivity index (χ1v) is 7.62. The molecule has 0 saturated carbocycles. The molecule has 8 heteroatoms. The molecule has 0 spiro atoms. The number of nitrogens with one attached hydrogen (secondary N) is 2. The zero-order valence-electron chi connectivity index (χ0n) is 11.5. The van der Waals surface area contributed by atoms with Crippen LogP contribution in [0, 0.1) is 13.8 Å². The minimum Gasteiger partial charge on any atom is -0.477 e. The number of aromatic carboxylic acids is 1. The van der Waals surface area contributed by atoms with Gasteiger partial charge in [-0.15, -0.1) is 0 Å². The number of nitrogens with zero attached hydrogens (tertiary/aromatic N) is 1. The van der Waals surface area contributed by atoms with Gasteiger partial charge in [0.2, 0.25) is 10.0 Å². The standard InChI is InChI=1S/C13H15N3O4S/c1-8-11(13(17)18)16-9(2)12(8)21(19,20)15-7-10-3-5-14-6-4-10/h3-6,15-16H,7H2,1-2H3,(H,17,18). The Balaban J connectivity index is 2.30. The lowest BCUT2D eigenvalue weighted by molar-refractivity contribution is 0.0690. The van der Waals surface area contributed by atoms with E-state index < -0.39 is 16.0 Å². The highest BCUT2D eigenvalue weighted by Crippen LogP contribution is 2.23. The minimum absolute atomic E-state index is 0.0195. The van der Waals surface area contributed by atoms with E-state index >= 15 is 0 Å². The van der Waals surface area contributed by atoms with E-state index in [0.717, 1.165) is 5.56 Å². The van der Waals surface area contributed by atoms with E-state index in [-0.39, 0.29) is 22.7 Å². The van der Waals surface area contributed by atoms with Crippen LogP contribution in [0.15, 0.2) is 29.4 Å². The van der Waals surface area contributed by atoms with Crippen LogP contribution in [0.5, 0.6) is 0 Å². The van der Waals surface area contributed by atoms with Gasteiger partial charge in [-0.3, -0.25) is 4.98 Å². The lowest BCUT2D eigenvalue weighted by Crippen LogP contribution is -2.24. The van der Waals surface area contributed by atoms with Crippen molar-refractivity contribution in [1.82, 2.24) is 14.7 Å². The van der Waals surface area contributed by atoms with Crippen molar-refractivity contribution in [2.24, 2.45) is 0 Å². The Morgan fingerprint density at radius 3 is 2.48 bits per heavy atom. The summed E-state index contributed by atoms with van der Waals surface area (Å²) in [5.74, 6) is -1.19. The molecule has 0 radical (unpaired) electrons. The molecule has 2 heterocycles. The second kappa shape index (κ2) is 5.66. The Morgan fingerprint density at radius 2 is 1.95 bits per heavy atom. The summed E-state index contributed by atoms with van der Waals surface area (Å²) in [6.07, 6.45) is 3.14. The van der Waals surface area contributed by atoms with E-state index in [1.54, 1.807) is 24.5 Å². The Kier molecular flexibility index (Phi) is 4.10. The van der Waals surface area contributed by atoms with Gasteiger partial charge in [-0.1, -0.05) is 0 Å². The Labute approximate surface area is 122 Å². The van der Waals surface area contributed by atoms with Gasteiger partial charge in [0.05, 0.1) is 0 Å². The monoisotopic (exact) mass is 309 g/mol. The maximum absolute atomic E-state index is 12.3. The van der Waals surface area contributed by atoms with Gasteiger partial charge in [-0.2, -0.15) is 0 Å². The van der Waals surface area contributed by atoms with Crippen LogP contribution in [0.4, 0.5) is 0 Å². The number of carboxylic acid groups (broad SMARTS) is 1. The molecule has 7 nitrogen and oxygen atoms in total. The maximum Gasteiger partial charge on any atom is 0.352 e. The summed E-state index contributed by atoms with van der Waals surface area (Å²) >= 11 is 0. The molecule has 0 aliphatic rings. The molecule has 112 valence electrons. The van der Waals surface area contributed by atoms with Gasteiger partial charge in [-0.05, 0) is 31.5 Å². The van der Waals surface area contributed by atoms with Crippen LogP contribution in [-0.4, -0.2) is 29.5 Å². The molecule has 0 aliphatic heterocycles. The van der Waals surface area contributed by atoms with Gasteiger partial charge < -0.3 is 10.1 Å². The Hall–Kier alpha value is -2.19. The number of aromatic amines is 1. The number of hydrogen-bond donors (Lipinski definition) is 3. The van der Waals surface area contributed by atoms with Gasteiger partial charge in [-0.25, -0.2) is 17.9 Å². The quantitative estimate of drug-likeness (QED) is 0.768. The number of carbonyl (C=O) groups is 1. The summed E-state index contributed by atoms with van der Waals surface area (Å²) in [5, 5.41) is 9.02. The number of sulfonamides is 1. The van der Waals surface area contributed by atoms with Crippen LogP contribution < -0.4 is 4.72 Å². The number of aromatic nitrogens is 2. The van der Waals surface area contributed by atoms with Crippen molar-refractivity contribution < 1.29 is 18.3 Å². The van der Waals surface area contributed by atoms with Crippen molar-refractivity contribution in [3.8, 4) is 0 Å². The van der Waals surface area contributed by atoms with Crippen LogP contribution >= 0.6 is 0 Å². The smallest absolute Gasteiger partial charge is 0.352 e. The van der Waals surface area contributed by atoms with Crippen molar-refractivity contribution in [1.29, 1.82) is 0 Å².